The molecular formula is C28H45BrS2. The van der Waals surface area contributed by atoms with Gasteiger partial charge in [0.1, 0.15) is 0 Å². The third-order valence-electron chi connectivity index (χ3n) is 6.25. The zero-order chi connectivity index (χ0) is 22.0. The molecule has 2 aromatic rings. The van der Waals surface area contributed by atoms with Gasteiger partial charge >= 0.3 is 0 Å². The number of hydrogen-bond donors (Lipinski definition) is 0. The molecule has 0 aliphatic carbocycles. The van der Waals surface area contributed by atoms with Gasteiger partial charge in [-0.1, -0.05) is 116 Å². The summed E-state index contributed by atoms with van der Waals surface area (Å²) in [6.07, 6.45) is 27.3. The van der Waals surface area contributed by atoms with E-state index in [0.717, 1.165) is 0 Å². The number of thiophene rings is 2. The van der Waals surface area contributed by atoms with E-state index >= 15 is 0 Å². The van der Waals surface area contributed by atoms with Crippen molar-refractivity contribution in [2.75, 3.05) is 0 Å². The topological polar surface area (TPSA) is 0 Å². The summed E-state index contributed by atoms with van der Waals surface area (Å²) in [5.41, 5.74) is 0. The second-order valence-electron chi connectivity index (χ2n) is 9.13. The summed E-state index contributed by atoms with van der Waals surface area (Å²) in [4.78, 5) is 4.37. The zero-order valence-electron chi connectivity index (χ0n) is 19.9. The molecule has 2 heterocycles. The molecule has 176 valence electrons. The van der Waals surface area contributed by atoms with E-state index in [-0.39, 0.29) is 0 Å². The Kier molecular flexibility index (Phi) is 16.0. The second kappa shape index (κ2) is 18.3. The van der Waals surface area contributed by atoms with Gasteiger partial charge in [0.05, 0.1) is 3.79 Å². The van der Waals surface area contributed by atoms with Gasteiger partial charge in [-0.05, 0) is 53.0 Å². The lowest BCUT2D eigenvalue weighted by Crippen LogP contribution is -1.85. The van der Waals surface area contributed by atoms with Crippen molar-refractivity contribution in [3.8, 4) is 9.75 Å². The van der Waals surface area contributed by atoms with E-state index in [1.165, 1.54) is 136 Å². The molecule has 0 bridgehead atoms. The van der Waals surface area contributed by atoms with Crippen LogP contribution in [0.4, 0.5) is 0 Å². The van der Waals surface area contributed by atoms with Crippen LogP contribution in [0.25, 0.3) is 9.75 Å². The van der Waals surface area contributed by atoms with Crippen LogP contribution in [0.2, 0.25) is 0 Å². The van der Waals surface area contributed by atoms with Crippen molar-refractivity contribution < 1.29 is 0 Å². The highest BCUT2D eigenvalue weighted by atomic mass is 79.9. The van der Waals surface area contributed by atoms with E-state index in [9.17, 15) is 0 Å². The summed E-state index contributed by atoms with van der Waals surface area (Å²) in [5.74, 6) is 0. The fourth-order valence-electron chi connectivity index (χ4n) is 4.29. The smallest absolute Gasteiger partial charge is 0.0705 e. The first kappa shape index (κ1) is 27.1. The summed E-state index contributed by atoms with van der Waals surface area (Å²) >= 11 is 7.38. The second-order valence-corrected chi connectivity index (χ2v) is 12.8. The van der Waals surface area contributed by atoms with Gasteiger partial charge < -0.3 is 0 Å². The van der Waals surface area contributed by atoms with Gasteiger partial charge in [0.15, 0.2) is 0 Å². The summed E-state index contributed by atoms with van der Waals surface area (Å²) in [6.45, 7) is 2.30. The Bertz CT molecular complexity index is 658. The molecule has 0 radical (unpaired) electrons. The highest BCUT2D eigenvalue weighted by Gasteiger charge is 2.05. The standard InChI is InChI=1S/C28H45BrS2/c1-2-3-4-5-6-7-8-9-10-11-12-13-14-15-16-17-18-19-20-25-21-22-26(30-25)27-23-24-28(29)31-27/h21-24H,2-20H2,1H3. The Labute approximate surface area is 209 Å². The predicted octanol–water partition coefficient (Wildman–Crippen LogP) is 11.8. The lowest BCUT2D eigenvalue weighted by molar-refractivity contribution is 0.525. The maximum absolute atomic E-state index is 3.57. The molecular weight excluding hydrogens is 480 g/mol. The molecule has 0 nitrogen and oxygen atoms in total. The molecule has 0 saturated carbocycles. The molecule has 0 spiro atoms. The largest absolute Gasteiger partial charge is 0.139 e. The van der Waals surface area contributed by atoms with E-state index in [2.05, 4.69) is 47.1 Å². The Hall–Kier alpha value is -0.120. The van der Waals surface area contributed by atoms with Crippen LogP contribution < -0.4 is 0 Å². The molecule has 0 atom stereocenters. The van der Waals surface area contributed by atoms with Crippen LogP contribution in [0.1, 0.15) is 127 Å². The first-order valence-electron chi connectivity index (χ1n) is 13.1. The summed E-state index contributed by atoms with van der Waals surface area (Å²) in [5, 5.41) is 0. The molecule has 0 amide bonds. The molecule has 0 aliphatic heterocycles. The normalized spacial score (nSPS) is 11.4. The number of aryl methyl sites for hydroxylation is 1. The van der Waals surface area contributed by atoms with E-state index in [4.69, 9.17) is 0 Å². The lowest BCUT2D eigenvalue weighted by Gasteiger charge is -2.04. The number of hydrogen-bond acceptors (Lipinski definition) is 2. The maximum Gasteiger partial charge on any atom is 0.0705 e. The molecule has 0 aliphatic rings. The van der Waals surface area contributed by atoms with Crippen LogP contribution in [-0.2, 0) is 6.42 Å². The van der Waals surface area contributed by atoms with Crippen LogP contribution in [0.3, 0.4) is 0 Å². The SMILES string of the molecule is CCCCCCCCCCCCCCCCCCCCc1ccc(-c2ccc(Br)s2)s1. The average Bonchev–Trinajstić information content (AvgIpc) is 3.42. The van der Waals surface area contributed by atoms with Crippen LogP contribution in [0, 0.1) is 0 Å². The van der Waals surface area contributed by atoms with Crippen molar-refractivity contribution in [2.45, 2.75) is 129 Å². The first-order chi connectivity index (χ1) is 15.3. The molecule has 0 unspecified atom stereocenters. The van der Waals surface area contributed by atoms with Gasteiger partial charge in [0, 0.05) is 14.6 Å². The molecule has 3 heteroatoms. The summed E-state index contributed by atoms with van der Waals surface area (Å²) < 4.78 is 1.22. The van der Waals surface area contributed by atoms with Gasteiger partial charge in [0.25, 0.3) is 0 Å². The minimum Gasteiger partial charge on any atom is -0.139 e. The summed E-state index contributed by atoms with van der Waals surface area (Å²) in [7, 11) is 0. The summed E-state index contributed by atoms with van der Waals surface area (Å²) in [6, 6.07) is 9.01. The maximum atomic E-state index is 3.57. The molecule has 0 aromatic carbocycles. The quantitative estimate of drug-likeness (QED) is 0.151. The van der Waals surface area contributed by atoms with Gasteiger partial charge in [-0.25, -0.2) is 0 Å². The molecule has 2 rings (SSSR count). The number of rotatable bonds is 20. The monoisotopic (exact) mass is 524 g/mol. The fraction of sp³-hybridized carbons (Fsp3) is 0.714. The van der Waals surface area contributed by atoms with E-state index in [0.29, 0.717) is 0 Å². The number of unbranched alkanes of at least 4 members (excludes halogenated alkanes) is 17. The minimum absolute atomic E-state index is 1.22. The highest BCUT2D eigenvalue weighted by Crippen LogP contribution is 2.36. The number of halogens is 1. The molecule has 0 saturated heterocycles. The first-order valence-corrected chi connectivity index (χ1v) is 15.6. The van der Waals surface area contributed by atoms with Crippen molar-refractivity contribution >= 4 is 38.6 Å². The van der Waals surface area contributed by atoms with Crippen LogP contribution >= 0.6 is 38.6 Å². The van der Waals surface area contributed by atoms with Crippen molar-refractivity contribution in [1.82, 2.24) is 0 Å². The van der Waals surface area contributed by atoms with Crippen LogP contribution in [-0.4, -0.2) is 0 Å². The van der Waals surface area contributed by atoms with Gasteiger partial charge in [-0.15, -0.1) is 22.7 Å². The van der Waals surface area contributed by atoms with Gasteiger partial charge in [-0.3, -0.25) is 0 Å². The van der Waals surface area contributed by atoms with E-state index in [1.54, 1.807) is 4.88 Å². The third kappa shape index (κ3) is 13.2. The van der Waals surface area contributed by atoms with Crippen molar-refractivity contribution in [1.29, 1.82) is 0 Å². The van der Waals surface area contributed by atoms with Gasteiger partial charge in [0.2, 0.25) is 0 Å². The Morgan fingerprint density at radius 2 is 0.935 bits per heavy atom. The molecule has 2 aromatic heterocycles. The van der Waals surface area contributed by atoms with Gasteiger partial charge in [-0.2, -0.15) is 0 Å². The minimum atomic E-state index is 1.22. The Balaban J connectivity index is 1.31. The van der Waals surface area contributed by atoms with Crippen molar-refractivity contribution in [3.63, 3.8) is 0 Å². The third-order valence-corrected chi connectivity index (χ3v) is 9.22. The fourth-order valence-corrected chi connectivity index (χ4v) is 6.82. The molecule has 0 N–H and O–H groups in total. The Morgan fingerprint density at radius 1 is 0.516 bits per heavy atom. The highest BCUT2D eigenvalue weighted by molar-refractivity contribution is 9.11. The zero-order valence-corrected chi connectivity index (χ0v) is 23.2. The lowest BCUT2D eigenvalue weighted by atomic mass is 10.0. The van der Waals surface area contributed by atoms with Crippen LogP contribution in [0.15, 0.2) is 28.1 Å². The van der Waals surface area contributed by atoms with E-state index < -0.39 is 0 Å². The molecule has 31 heavy (non-hydrogen) atoms. The van der Waals surface area contributed by atoms with Crippen molar-refractivity contribution in [2.24, 2.45) is 0 Å². The van der Waals surface area contributed by atoms with Crippen molar-refractivity contribution in [3.05, 3.63) is 32.9 Å². The van der Waals surface area contributed by atoms with Crippen LogP contribution in [0.5, 0.6) is 0 Å². The Morgan fingerprint density at radius 3 is 1.39 bits per heavy atom. The predicted molar refractivity (Wildman–Crippen MR) is 148 cm³/mol. The molecule has 0 fully saturated rings. The average molecular weight is 526 g/mol. The van der Waals surface area contributed by atoms with E-state index in [1.807, 2.05) is 22.7 Å².